The van der Waals surface area contributed by atoms with E-state index in [2.05, 4.69) is 10.6 Å². The number of hydrogen-bond donors (Lipinski definition) is 2. The zero-order valence-corrected chi connectivity index (χ0v) is 13.4. The molecule has 2 aromatic rings. The SMILES string of the molecule is O=C(Nc1ccc(NCc2ccc3c(c2)OCO3)cc1)C1CCC1. The van der Waals surface area contributed by atoms with E-state index in [0.29, 0.717) is 13.3 Å². The lowest BCUT2D eigenvalue weighted by Crippen LogP contribution is -2.27. The second kappa shape index (κ2) is 6.43. The Balaban J connectivity index is 1.32. The molecule has 0 radical (unpaired) electrons. The third-order valence-electron chi connectivity index (χ3n) is 4.56. The molecule has 1 amide bonds. The van der Waals surface area contributed by atoms with E-state index < -0.39 is 0 Å². The molecule has 1 saturated carbocycles. The summed E-state index contributed by atoms with van der Waals surface area (Å²) in [5.41, 5.74) is 2.98. The molecule has 24 heavy (non-hydrogen) atoms. The van der Waals surface area contributed by atoms with Gasteiger partial charge in [0.1, 0.15) is 0 Å². The van der Waals surface area contributed by atoms with Crippen LogP contribution in [0.1, 0.15) is 24.8 Å². The zero-order valence-electron chi connectivity index (χ0n) is 13.4. The fourth-order valence-corrected chi connectivity index (χ4v) is 2.84. The summed E-state index contributed by atoms with van der Waals surface area (Å²) in [6, 6.07) is 13.7. The molecule has 1 aliphatic heterocycles. The highest BCUT2D eigenvalue weighted by atomic mass is 16.7. The Bertz CT molecular complexity index is 739. The molecule has 5 heteroatoms. The first-order chi connectivity index (χ1) is 11.8. The summed E-state index contributed by atoms with van der Waals surface area (Å²) < 4.78 is 10.7. The molecular weight excluding hydrogens is 304 g/mol. The van der Waals surface area contributed by atoms with Crippen molar-refractivity contribution in [3.05, 3.63) is 48.0 Å². The highest BCUT2D eigenvalue weighted by molar-refractivity contribution is 5.93. The van der Waals surface area contributed by atoms with Crippen LogP contribution in [-0.2, 0) is 11.3 Å². The molecule has 0 aromatic heterocycles. The highest BCUT2D eigenvalue weighted by Gasteiger charge is 2.25. The topological polar surface area (TPSA) is 59.6 Å². The van der Waals surface area contributed by atoms with E-state index in [1.165, 1.54) is 6.42 Å². The van der Waals surface area contributed by atoms with Crippen molar-refractivity contribution in [1.82, 2.24) is 0 Å². The number of ether oxygens (including phenoxy) is 2. The van der Waals surface area contributed by atoms with Crippen LogP contribution in [0.5, 0.6) is 11.5 Å². The van der Waals surface area contributed by atoms with Crippen molar-refractivity contribution in [2.45, 2.75) is 25.8 Å². The molecule has 1 fully saturated rings. The molecule has 2 N–H and O–H groups in total. The Hall–Kier alpha value is -2.69. The number of amides is 1. The Labute approximate surface area is 141 Å². The van der Waals surface area contributed by atoms with Crippen LogP contribution in [-0.4, -0.2) is 12.7 Å². The van der Waals surface area contributed by atoms with Crippen LogP contribution in [0.4, 0.5) is 11.4 Å². The molecule has 0 atom stereocenters. The standard InChI is InChI=1S/C19H20N2O3/c22-19(14-2-1-3-14)21-16-7-5-15(6-8-16)20-11-13-4-9-17-18(10-13)24-12-23-17/h4-10,14,20H,1-3,11-12H2,(H,21,22). The predicted octanol–water partition coefficient (Wildman–Crippen LogP) is 3.77. The van der Waals surface area contributed by atoms with Crippen molar-refractivity contribution in [2.75, 3.05) is 17.4 Å². The van der Waals surface area contributed by atoms with Gasteiger partial charge in [-0.15, -0.1) is 0 Å². The van der Waals surface area contributed by atoms with Crippen molar-refractivity contribution >= 4 is 17.3 Å². The first kappa shape index (κ1) is 14.9. The molecule has 0 bridgehead atoms. The Morgan fingerprint density at radius 3 is 2.50 bits per heavy atom. The van der Waals surface area contributed by atoms with E-state index in [4.69, 9.17) is 9.47 Å². The Kier molecular flexibility index (Phi) is 3.99. The number of hydrogen-bond acceptors (Lipinski definition) is 4. The van der Waals surface area contributed by atoms with Crippen LogP contribution < -0.4 is 20.1 Å². The first-order valence-electron chi connectivity index (χ1n) is 8.31. The summed E-state index contributed by atoms with van der Waals surface area (Å²) in [6.45, 7) is 0.991. The molecule has 0 saturated heterocycles. The molecular formula is C19H20N2O3. The number of fused-ring (bicyclic) bond motifs is 1. The summed E-state index contributed by atoms with van der Waals surface area (Å²) >= 11 is 0. The van der Waals surface area contributed by atoms with Crippen LogP contribution in [0, 0.1) is 5.92 Å². The third kappa shape index (κ3) is 3.15. The maximum absolute atomic E-state index is 11.9. The summed E-state index contributed by atoms with van der Waals surface area (Å²) in [7, 11) is 0. The Morgan fingerprint density at radius 1 is 1.00 bits per heavy atom. The average molecular weight is 324 g/mol. The van der Waals surface area contributed by atoms with Gasteiger partial charge in [0.25, 0.3) is 0 Å². The van der Waals surface area contributed by atoms with Crippen LogP contribution in [0.15, 0.2) is 42.5 Å². The number of carbonyl (C=O) groups is 1. The van der Waals surface area contributed by atoms with Crippen LogP contribution in [0.3, 0.4) is 0 Å². The zero-order chi connectivity index (χ0) is 16.4. The van der Waals surface area contributed by atoms with Gasteiger partial charge in [-0.3, -0.25) is 4.79 Å². The number of benzene rings is 2. The maximum Gasteiger partial charge on any atom is 0.231 e. The van der Waals surface area contributed by atoms with E-state index in [1.807, 2.05) is 42.5 Å². The highest BCUT2D eigenvalue weighted by Crippen LogP contribution is 2.32. The summed E-state index contributed by atoms with van der Waals surface area (Å²) in [5, 5.41) is 6.34. The molecule has 1 aliphatic carbocycles. The van der Waals surface area contributed by atoms with Crippen LogP contribution >= 0.6 is 0 Å². The van der Waals surface area contributed by atoms with Crippen molar-refractivity contribution in [1.29, 1.82) is 0 Å². The van der Waals surface area contributed by atoms with Gasteiger partial charge in [0.05, 0.1) is 0 Å². The van der Waals surface area contributed by atoms with E-state index in [9.17, 15) is 4.79 Å². The first-order valence-corrected chi connectivity index (χ1v) is 8.31. The van der Waals surface area contributed by atoms with Crippen molar-refractivity contribution in [2.24, 2.45) is 5.92 Å². The van der Waals surface area contributed by atoms with Gasteiger partial charge >= 0.3 is 0 Å². The molecule has 2 aromatic carbocycles. The fourth-order valence-electron chi connectivity index (χ4n) is 2.84. The molecule has 2 aliphatic rings. The van der Waals surface area contributed by atoms with Gasteiger partial charge < -0.3 is 20.1 Å². The fraction of sp³-hybridized carbons (Fsp3) is 0.316. The van der Waals surface area contributed by atoms with E-state index in [0.717, 1.165) is 41.3 Å². The summed E-state index contributed by atoms with van der Waals surface area (Å²) in [6.07, 6.45) is 3.20. The minimum absolute atomic E-state index is 0.141. The van der Waals surface area contributed by atoms with Gasteiger partial charge in [-0.05, 0) is 54.8 Å². The molecule has 124 valence electrons. The number of nitrogens with one attached hydrogen (secondary N) is 2. The normalized spacial score (nSPS) is 15.7. The van der Waals surface area contributed by atoms with Gasteiger partial charge in [-0.1, -0.05) is 12.5 Å². The van der Waals surface area contributed by atoms with E-state index >= 15 is 0 Å². The lowest BCUT2D eigenvalue weighted by atomic mass is 9.85. The number of anilines is 2. The molecule has 0 unspecified atom stereocenters. The third-order valence-corrected chi connectivity index (χ3v) is 4.56. The van der Waals surface area contributed by atoms with Crippen molar-refractivity contribution < 1.29 is 14.3 Å². The van der Waals surface area contributed by atoms with Crippen molar-refractivity contribution in [3.63, 3.8) is 0 Å². The quantitative estimate of drug-likeness (QED) is 0.879. The lowest BCUT2D eigenvalue weighted by Gasteiger charge is -2.24. The number of carbonyl (C=O) groups excluding carboxylic acids is 1. The monoisotopic (exact) mass is 324 g/mol. The van der Waals surface area contributed by atoms with E-state index in [-0.39, 0.29) is 11.8 Å². The van der Waals surface area contributed by atoms with Gasteiger partial charge in [0.2, 0.25) is 12.7 Å². The molecule has 1 heterocycles. The molecule has 5 nitrogen and oxygen atoms in total. The minimum atomic E-state index is 0.141. The minimum Gasteiger partial charge on any atom is -0.454 e. The largest absolute Gasteiger partial charge is 0.454 e. The van der Waals surface area contributed by atoms with Crippen LogP contribution in [0.25, 0.3) is 0 Å². The maximum atomic E-state index is 11.9. The van der Waals surface area contributed by atoms with Gasteiger partial charge in [-0.25, -0.2) is 0 Å². The number of rotatable bonds is 5. The van der Waals surface area contributed by atoms with Gasteiger partial charge in [-0.2, -0.15) is 0 Å². The predicted molar refractivity (Wildman–Crippen MR) is 92.3 cm³/mol. The lowest BCUT2D eigenvalue weighted by molar-refractivity contribution is -0.122. The molecule has 0 spiro atoms. The second-order valence-corrected chi connectivity index (χ2v) is 6.24. The van der Waals surface area contributed by atoms with Gasteiger partial charge in [0, 0.05) is 23.8 Å². The summed E-state index contributed by atoms with van der Waals surface area (Å²) in [4.78, 5) is 11.9. The summed E-state index contributed by atoms with van der Waals surface area (Å²) in [5.74, 6) is 1.93. The Morgan fingerprint density at radius 2 is 1.75 bits per heavy atom. The van der Waals surface area contributed by atoms with E-state index in [1.54, 1.807) is 0 Å². The second-order valence-electron chi connectivity index (χ2n) is 6.24. The molecule has 4 rings (SSSR count). The van der Waals surface area contributed by atoms with Crippen LogP contribution in [0.2, 0.25) is 0 Å². The van der Waals surface area contributed by atoms with Gasteiger partial charge in [0.15, 0.2) is 11.5 Å². The smallest absolute Gasteiger partial charge is 0.231 e. The average Bonchev–Trinajstić information content (AvgIpc) is 3.00. The van der Waals surface area contributed by atoms with Crippen molar-refractivity contribution in [3.8, 4) is 11.5 Å².